The molecule has 0 saturated carbocycles. The van der Waals surface area contributed by atoms with E-state index in [1.165, 1.54) is 0 Å². The molecule has 16 heavy (non-hydrogen) atoms. The van der Waals surface area contributed by atoms with E-state index in [1.54, 1.807) is 18.5 Å². The third kappa shape index (κ3) is 2.48. The number of nitrogens with two attached hydrogens (primary N) is 1. The summed E-state index contributed by atoms with van der Waals surface area (Å²) < 4.78 is 5.55. The van der Waals surface area contributed by atoms with Gasteiger partial charge in [-0.1, -0.05) is 6.07 Å². The SMILES string of the molecule is Cc1ccc(N)c(OCc2ncccn2)c1. The van der Waals surface area contributed by atoms with Gasteiger partial charge in [0.1, 0.15) is 12.4 Å². The summed E-state index contributed by atoms with van der Waals surface area (Å²) in [4.78, 5) is 8.14. The normalized spacial score (nSPS) is 10.1. The molecule has 0 amide bonds. The summed E-state index contributed by atoms with van der Waals surface area (Å²) in [5.41, 5.74) is 7.52. The predicted molar refractivity (Wildman–Crippen MR) is 62.0 cm³/mol. The quantitative estimate of drug-likeness (QED) is 0.795. The van der Waals surface area contributed by atoms with E-state index < -0.39 is 0 Å². The van der Waals surface area contributed by atoms with Crippen LogP contribution in [0, 0.1) is 6.92 Å². The number of aryl methyl sites for hydroxylation is 1. The third-order valence-corrected chi connectivity index (χ3v) is 2.15. The molecule has 82 valence electrons. The molecule has 0 aliphatic heterocycles. The van der Waals surface area contributed by atoms with E-state index in [9.17, 15) is 0 Å². The van der Waals surface area contributed by atoms with Crippen LogP contribution in [0.5, 0.6) is 5.75 Å². The first kappa shape index (κ1) is 10.4. The number of hydrogen-bond donors (Lipinski definition) is 1. The zero-order valence-electron chi connectivity index (χ0n) is 9.05. The highest BCUT2D eigenvalue weighted by Crippen LogP contribution is 2.22. The molecule has 0 saturated heterocycles. The van der Waals surface area contributed by atoms with Crippen LogP contribution in [0.15, 0.2) is 36.7 Å². The van der Waals surface area contributed by atoms with Crippen LogP contribution < -0.4 is 10.5 Å². The molecule has 0 aliphatic rings. The maximum Gasteiger partial charge on any atom is 0.166 e. The van der Waals surface area contributed by atoms with E-state index in [0.717, 1.165) is 5.56 Å². The Morgan fingerprint density at radius 2 is 2.00 bits per heavy atom. The lowest BCUT2D eigenvalue weighted by molar-refractivity contribution is 0.297. The van der Waals surface area contributed by atoms with Crippen molar-refractivity contribution in [1.82, 2.24) is 9.97 Å². The summed E-state index contributed by atoms with van der Waals surface area (Å²) in [6.07, 6.45) is 3.37. The molecule has 0 unspecified atom stereocenters. The molecule has 0 bridgehead atoms. The van der Waals surface area contributed by atoms with Gasteiger partial charge in [-0.2, -0.15) is 0 Å². The molecule has 0 radical (unpaired) electrons. The molecule has 2 aromatic rings. The van der Waals surface area contributed by atoms with Crippen LogP contribution in [-0.2, 0) is 6.61 Å². The van der Waals surface area contributed by atoms with Gasteiger partial charge in [0.25, 0.3) is 0 Å². The first-order valence-corrected chi connectivity index (χ1v) is 5.00. The highest BCUT2D eigenvalue weighted by Gasteiger charge is 2.02. The average molecular weight is 215 g/mol. The van der Waals surface area contributed by atoms with Gasteiger partial charge in [0.2, 0.25) is 0 Å². The van der Waals surface area contributed by atoms with Crippen LogP contribution in [0.1, 0.15) is 11.4 Å². The van der Waals surface area contributed by atoms with Gasteiger partial charge in [0.05, 0.1) is 5.69 Å². The summed E-state index contributed by atoms with van der Waals surface area (Å²) in [6, 6.07) is 7.44. The Kier molecular flexibility index (Phi) is 3.00. The molecular weight excluding hydrogens is 202 g/mol. The van der Waals surface area contributed by atoms with Crippen molar-refractivity contribution in [3.05, 3.63) is 48.0 Å². The largest absolute Gasteiger partial charge is 0.483 e. The Hall–Kier alpha value is -2.10. The highest BCUT2D eigenvalue weighted by molar-refractivity contribution is 5.53. The Morgan fingerprint density at radius 3 is 2.75 bits per heavy atom. The molecule has 2 N–H and O–H groups in total. The molecule has 0 atom stereocenters. The Bertz CT molecular complexity index is 471. The fraction of sp³-hybridized carbons (Fsp3) is 0.167. The minimum absolute atomic E-state index is 0.328. The van der Waals surface area contributed by atoms with Crippen molar-refractivity contribution in [1.29, 1.82) is 0 Å². The number of nitrogen functional groups attached to an aromatic ring is 1. The van der Waals surface area contributed by atoms with E-state index in [4.69, 9.17) is 10.5 Å². The Balaban J connectivity index is 2.08. The van der Waals surface area contributed by atoms with Gasteiger partial charge in [-0.05, 0) is 30.7 Å². The average Bonchev–Trinajstić information content (AvgIpc) is 2.32. The number of ether oxygens (including phenoxy) is 1. The first-order valence-electron chi connectivity index (χ1n) is 5.00. The first-order chi connectivity index (χ1) is 7.75. The van der Waals surface area contributed by atoms with Crippen LogP contribution in [-0.4, -0.2) is 9.97 Å². The summed E-state index contributed by atoms with van der Waals surface area (Å²) in [5.74, 6) is 1.32. The second-order valence-corrected chi connectivity index (χ2v) is 3.49. The second kappa shape index (κ2) is 4.61. The minimum atomic E-state index is 0.328. The van der Waals surface area contributed by atoms with Gasteiger partial charge >= 0.3 is 0 Å². The summed E-state index contributed by atoms with van der Waals surface area (Å²) in [5, 5.41) is 0. The molecule has 1 aromatic carbocycles. The smallest absolute Gasteiger partial charge is 0.166 e. The van der Waals surface area contributed by atoms with E-state index >= 15 is 0 Å². The summed E-state index contributed by atoms with van der Waals surface area (Å²) in [7, 11) is 0. The molecule has 2 rings (SSSR count). The van der Waals surface area contributed by atoms with Gasteiger partial charge in [-0.25, -0.2) is 9.97 Å². The number of aromatic nitrogens is 2. The van der Waals surface area contributed by atoms with E-state index in [2.05, 4.69) is 9.97 Å². The highest BCUT2D eigenvalue weighted by atomic mass is 16.5. The fourth-order valence-electron chi connectivity index (χ4n) is 1.31. The van der Waals surface area contributed by atoms with Crippen molar-refractivity contribution in [3.63, 3.8) is 0 Å². The summed E-state index contributed by atoms with van der Waals surface area (Å²) >= 11 is 0. The van der Waals surface area contributed by atoms with Crippen LogP contribution in [0.4, 0.5) is 5.69 Å². The number of hydrogen-bond acceptors (Lipinski definition) is 4. The van der Waals surface area contributed by atoms with Gasteiger partial charge in [0, 0.05) is 12.4 Å². The predicted octanol–water partition coefficient (Wildman–Crippen LogP) is 1.95. The summed E-state index contributed by atoms with van der Waals surface area (Å²) in [6.45, 7) is 2.32. The van der Waals surface area contributed by atoms with Crippen molar-refractivity contribution < 1.29 is 4.74 Å². The molecule has 0 fully saturated rings. The van der Waals surface area contributed by atoms with Crippen molar-refractivity contribution in [2.45, 2.75) is 13.5 Å². The minimum Gasteiger partial charge on any atom is -0.483 e. The lowest BCUT2D eigenvalue weighted by Gasteiger charge is -2.08. The van der Waals surface area contributed by atoms with Crippen LogP contribution >= 0.6 is 0 Å². The van der Waals surface area contributed by atoms with Gasteiger partial charge in [-0.15, -0.1) is 0 Å². The van der Waals surface area contributed by atoms with Crippen molar-refractivity contribution in [3.8, 4) is 5.75 Å². The van der Waals surface area contributed by atoms with Gasteiger partial charge < -0.3 is 10.5 Å². The topological polar surface area (TPSA) is 61.0 Å². The van der Waals surface area contributed by atoms with Gasteiger partial charge in [0.15, 0.2) is 5.82 Å². The zero-order valence-corrected chi connectivity index (χ0v) is 9.05. The Labute approximate surface area is 94.1 Å². The van der Waals surface area contributed by atoms with E-state index in [-0.39, 0.29) is 0 Å². The number of anilines is 1. The number of rotatable bonds is 3. The monoisotopic (exact) mass is 215 g/mol. The second-order valence-electron chi connectivity index (χ2n) is 3.49. The zero-order chi connectivity index (χ0) is 11.4. The maximum atomic E-state index is 5.79. The van der Waals surface area contributed by atoms with Crippen molar-refractivity contribution >= 4 is 5.69 Å². The lowest BCUT2D eigenvalue weighted by atomic mass is 10.2. The van der Waals surface area contributed by atoms with Crippen molar-refractivity contribution in [2.24, 2.45) is 0 Å². The number of benzene rings is 1. The standard InChI is InChI=1S/C12H13N3O/c1-9-3-4-10(13)11(7-9)16-8-12-14-5-2-6-15-12/h2-7H,8,13H2,1H3. The fourth-order valence-corrected chi connectivity index (χ4v) is 1.31. The van der Waals surface area contributed by atoms with Crippen LogP contribution in [0.3, 0.4) is 0 Å². The molecule has 1 aromatic heterocycles. The molecule has 4 heteroatoms. The lowest BCUT2D eigenvalue weighted by Crippen LogP contribution is -2.02. The van der Waals surface area contributed by atoms with Crippen LogP contribution in [0.25, 0.3) is 0 Å². The van der Waals surface area contributed by atoms with Gasteiger partial charge in [-0.3, -0.25) is 0 Å². The molecular formula is C12H13N3O. The Morgan fingerprint density at radius 1 is 1.25 bits per heavy atom. The molecule has 4 nitrogen and oxygen atoms in total. The molecule has 1 heterocycles. The van der Waals surface area contributed by atoms with Crippen molar-refractivity contribution in [2.75, 3.05) is 5.73 Å². The number of nitrogens with zero attached hydrogens (tertiary/aromatic N) is 2. The van der Waals surface area contributed by atoms with E-state index in [1.807, 2.05) is 25.1 Å². The maximum absolute atomic E-state index is 5.79. The van der Waals surface area contributed by atoms with E-state index in [0.29, 0.717) is 23.9 Å². The third-order valence-electron chi connectivity index (χ3n) is 2.15. The molecule has 0 aliphatic carbocycles. The van der Waals surface area contributed by atoms with Crippen LogP contribution in [0.2, 0.25) is 0 Å². The molecule has 0 spiro atoms.